The summed E-state index contributed by atoms with van der Waals surface area (Å²) in [4.78, 5) is 23.0. The molecule has 5 heterocycles. The Morgan fingerprint density at radius 1 is 1.11 bits per heavy atom. The largest absolute Gasteiger partial charge is 0.484 e. The zero-order chi connectivity index (χ0) is 24.3. The average Bonchev–Trinajstić information content (AvgIpc) is 3.55. The summed E-state index contributed by atoms with van der Waals surface area (Å²) in [5.74, 6) is 0.572. The summed E-state index contributed by atoms with van der Waals surface area (Å²) in [5.41, 5.74) is 3.05. The Bertz CT molecular complexity index is 1480. The van der Waals surface area contributed by atoms with E-state index in [0.29, 0.717) is 41.5 Å². The van der Waals surface area contributed by atoms with Crippen LogP contribution in [-0.2, 0) is 14.8 Å². The van der Waals surface area contributed by atoms with Gasteiger partial charge in [-0.25, -0.2) is 18.4 Å². The van der Waals surface area contributed by atoms with Crippen molar-refractivity contribution in [1.82, 2.24) is 19.2 Å². The van der Waals surface area contributed by atoms with Crippen molar-refractivity contribution in [3.63, 3.8) is 0 Å². The van der Waals surface area contributed by atoms with Crippen LogP contribution in [0.5, 0.6) is 11.6 Å². The van der Waals surface area contributed by atoms with Crippen LogP contribution >= 0.6 is 0 Å². The van der Waals surface area contributed by atoms with Crippen LogP contribution < -0.4 is 9.47 Å². The lowest BCUT2D eigenvalue weighted by molar-refractivity contribution is -0.139. The number of aryl methyl sites for hydroxylation is 1. The van der Waals surface area contributed by atoms with E-state index in [9.17, 15) is 18.3 Å². The van der Waals surface area contributed by atoms with Crippen molar-refractivity contribution >= 4 is 27.0 Å². The van der Waals surface area contributed by atoms with Crippen molar-refractivity contribution in [3.8, 4) is 11.6 Å². The number of amides is 1. The molecule has 3 aliphatic rings. The molecular formula is C23H22N4O7S. The highest BCUT2D eigenvalue weighted by atomic mass is 32.2. The minimum atomic E-state index is -3.81. The molecule has 0 radical (unpaired) electrons. The number of nitrogens with zero attached hydrogens (tertiary/aromatic N) is 4. The van der Waals surface area contributed by atoms with E-state index in [4.69, 9.17) is 13.9 Å². The van der Waals surface area contributed by atoms with Crippen molar-refractivity contribution in [1.29, 1.82) is 0 Å². The highest BCUT2D eigenvalue weighted by molar-refractivity contribution is 7.89. The highest BCUT2D eigenvalue weighted by Crippen LogP contribution is 2.35. The lowest BCUT2D eigenvalue weighted by Gasteiger charge is -2.25. The second-order valence-electron chi connectivity index (χ2n) is 8.68. The first-order valence-corrected chi connectivity index (χ1v) is 12.5. The molecule has 1 atom stereocenters. The fourth-order valence-corrected chi connectivity index (χ4v) is 6.08. The van der Waals surface area contributed by atoms with Gasteiger partial charge in [0.05, 0.1) is 6.20 Å². The Morgan fingerprint density at radius 3 is 2.63 bits per heavy atom. The molecule has 1 amide bonds. The van der Waals surface area contributed by atoms with Gasteiger partial charge in [0, 0.05) is 44.7 Å². The van der Waals surface area contributed by atoms with Gasteiger partial charge >= 0.3 is 0 Å². The predicted octanol–water partition coefficient (Wildman–Crippen LogP) is 1.18. The minimum Gasteiger partial charge on any atom is -0.484 e. The number of carbonyl (C=O) groups excluding carboxylic acids is 1. The maximum atomic E-state index is 13.2. The summed E-state index contributed by atoms with van der Waals surface area (Å²) >= 11 is 0. The van der Waals surface area contributed by atoms with Gasteiger partial charge in [-0.05, 0) is 17.2 Å². The molecule has 1 aromatic carbocycles. The molecule has 0 aliphatic carbocycles. The Morgan fingerprint density at radius 2 is 1.86 bits per heavy atom. The van der Waals surface area contributed by atoms with Gasteiger partial charge < -0.3 is 23.9 Å². The van der Waals surface area contributed by atoms with E-state index in [1.165, 1.54) is 21.5 Å². The third-order valence-electron chi connectivity index (χ3n) is 6.41. The molecule has 2 aromatic heterocycles. The molecule has 35 heavy (non-hydrogen) atoms. The van der Waals surface area contributed by atoms with Crippen molar-refractivity contribution in [2.24, 2.45) is 0 Å². The molecule has 0 saturated carbocycles. The Hall–Kier alpha value is -3.48. The molecule has 0 saturated heterocycles. The minimum absolute atomic E-state index is 0.0299. The number of sulfonamides is 1. The van der Waals surface area contributed by atoms with E-state index in [1.54, 1.807) is 25.1 Å². The lowest BCUT2D eigenvalue weighted by Crippen LogP contribution is -2.38. The van der Waals surface area contributed by atoms with E-state index in [1.807, 2.05) is 0 Å². The molecule has 0 unspecified atom stereocenters. The fourth-order valence-electron chi connectivity index (χ4n) is 4.68. The van der Waals surface area contributed by atoms with Crippen LogP contribution in [0.3, 0.4) is 0 Å². The molecular weight excluding hydrogens is 476 g/mol. The number of para-hydroxylation sites is 1. The number of hydrogen-bond acceptors (Lipinski definition) is 9. The van der Waals surface area contributed by atoms with Gasteiger partial charge in [-0.3, -0.25) is 4.79 Å². The van der Waals surface area contributed by atoms with Crippen molar-refractivity contribution in [2.75, 3.05) is 39.4 Å². The molecule has 11 nitrogen and oxygen atoms in total. The number of rotatable bonds is 4. The summed E-state index contributed by atoms with van der Waals surface area (Å²) in [6, 6.07) is 6.52. The van der Waals surface area contributed by atoms with E-state index < -0.39 is 22.0 Å². The van der Waals surface area contributed by atoms with Gasteiger partial charge in [-0.1, -0.05) is 12.1 Å². The van der Waals surface area contributed by atoms with E-state index >= 15 is 0 Å². The molecule has 3 aliphatic heterocycles. The third kappa shape index (κ3) is 3.65. The Labute approximate surface area is 200 Å². The number of benzene rings is 1. The standard InChI is InChI=1S/C23H22N4O7S/c1-13-25-20-17(3-2-4-18(20)34-13)21(28)23(29)26-9-14-11-27(12-15(14)10-26)35(30,31)16-7-19-22(24-8-16)33-6-5-32-19/h2-4,7-8,21,28H,5-6,9-12H2,1H3/t21-/m0/s1. The molecule has 1 N–H and O–H groups in total. The number of fused-ring (bicyclic) bond motifs is 2. The molecule has 12 heteroatoms. The number of pyridine rings is 1. The van der Waals surface area contributed by atoms with Gasteiger partial charge in [0.15, 0.2) is 23.3 Å². The summed E-state index contributed by atoms with van der Waals surface area (Å²) in [6.45, 7) is 3.25. The van der Waals surface area contributed by atoms with Crippen LogP contribution in [0.1, 0.15) is 17.6 Å². The molecule has 182 valence electrons. The van der Waals surface area contributed by atoms with Crippen molar-refractivity contribution in [3.05, 3.63) is 53.1 Å². The van der Waals surface area contributed by atoms with Gasteiger partial charge in [-0.2, -0.15) is 4.31 Å². The second kappa shape index (κ2) is 8.04. The van der Waals surface area contributed by atoms with Crippen LogP contribution in [0, 0.1) is 6.92 Å². The number of oxazole rings is 1. The topological polar surface area (TPSA) is 135 Å². The SMILES string of the molecule is Cc1nc2c([C@H](O)C(=O)N3CC4=C(C3)CN(S(=O)(=O)c3cnc5c(c3)OCCO5)C4)cccc2o1. The van der Waals surface area contributed by atoms with Crippen LogP contribution in [0.2, 0.25) is 0 Å². The summed E-state index contributed by atoms with van der Waals surface area (Å²) in [6.07, 6.45) is -0.128. The average molecular weight is 499 g/mol. The normalized spacial score (nSPS) is 18.9. The van der Waals surface area contributed by atoms with Crippen molar-refractivity contribution < 1.29 is 32.2 Å². The summed E-state index contributed by atoms with van der Waals surface area (Å²) < 4.78 is 44.1. The van der Waals surface area contributed by atoms with Crippen LogP contribution in [0.15, 0.2) is 50.9 Å². The number of aliphatic hydroxyl groups excluding tert-OH is 1. The maximum Gasteiger partial charge on any atom is 0.257 e. The molecule has 3 aromatic rings. The first-order chi connectivity index (χ1) is 16.8. The fraction of sp³-hybridized carbons (Fsp3) is 0.348. The second-order valence-corrected chi connectivity index (χ2v) is 10.6. The monoisotopic (exact) mass is 498 g/mol. The highest BCUT2D eigenvalue weighted by Gasteiger charge is 2.39. The molecule has 0 spiro atoms. The van der Waals surface area contributed by atoms with Crippen LogP contribution in [0.25, 0.3) is 11.1 Å². The zero-order valence-corrected chi connectivity index (χ0v) is 19.6. The predicted molar refractivity (Wildman–Crippen MR) is 121 cm³/mol. The van der Waals surface area contributed by atoms with Crippen LogP contribution in [0.4, 0.5) is 0 Å². The zero-order valence-electron chi connectivity index (χ0n) is 18.8. The van der Waals surface area contributed by atoms with Gasteiger partial charge in [0.2, 0.25) is 10.0 Å². The Kier molecular flexibility index (Phi) is 5.06. The van der Waals surface area contributed by atoms with Gasteiger partial charge in [0.25, 0.3) is 11.8 Å². The number of aliphatic hydroxyl groups is 1. The Balaban J connectivity index is 1.15. The lowest BCUT2D eigenvalue weighted by atomic mass is 10.1. The van der Waals surface area contributed by atoms with Crippen LogP contribution in [-0.4, -0.2) is 78.0 Å². The number of hydrogen-bond donors (Lipinski definition) is 1. The van der Waals surface area contributed by atoms with E-state index in [0.717, 1.165) is 11.1 Å². The quantitative estimate of drug-likeness (QED) is 0.526. The maximum absolute atomic E-state index is 13.2. The summed E-state index contributed by atoms with van der Waals surface area (Å²) in [7, 11) is -3.81. The first-order valence-electron chi connectivity index (χ1n) is 11.1. The van der Waals surface area contributed by atoms with Gasteiger partial charge in [-0.15, -0.1) is 0 Å². The van der Waals surface area contributed by atoms with Gasteiger partial charge in [0.1, 0.15) is 23.6 Å². The third-order valence-corrected chi connectivity index (χ3v) is 8.16. The number of aromatic nitrogens is 2. The number of ether oxygens (including phenoxy) is 2. The number of carbonyl (C=O) groups is 1. The molecule has 6 rings (SSSR count). The van der Waals surface area contributed by atoms with Crippen molar-refractivity contribution in [2.45, 2.75) is 17.9 Å². The molecule has 0 bridgehead atoms. The van der Waals surface area contributed by atoms with E-state index in [2.05, 4.69) is 9.97 Å². The smallest absolute Gasteiger partial charge is 0.257 e. The van der Waals surface area contributed by atoms with E-state index in [-0.39, 0.29) is 37.0 Å². The molecule has 0 fully saturated rings. The summed E-state index contributed by atoms with van der Waals surface area (Å²) in [5, 5.41) is 10.8. The first kappa shape index (κ1) is 22.0.